The highest BCUT2D eigenvalue weighted by Crippen LogP contribution is 2.34. The molecule has 8 heteroatoms. The number of ether oxygens (including phenoxy) is 1. The number of hydrogen-bond donors (Lipinski definition) is 1. The number of benzene rings is 1. The van der Waals surface area contributed by atoms with Crippen LogP contribution in [-0.2, 0) is 14.8 Å². The molecule has 0 unspecified atom stereocenters. The SMILES string of the molecule is Cc1c(NS(=O)(=O)C2CCOCC2)cccc1-c1nc2cccnc2s1. The summed E-state index contributed by atoms with van der Waals surface area (Å²) in [7, 11) is -3.44. The van der Waals surface area contributed by atoms with Gasteiger partial charge in [0.1, 0.15) is 15.4 Å². The Hall–Kier alpha value is -2.03. The summed E-state index contributed by atoms with van der Waals surface area (Å²) in [5.74, 6) is 0. The molecule has 2 aromatic heterocycles. The van der Waals surface area contributed by atoms with Gasteiger partial charge >= 0.3 is 0 Å². The molecule has 1 aromatic carbocycles. The summed E-state index contributed by atoms with van der Waals surface area (Å²) < 4.78 is 33.5. The first-order valence-electron chi connectivity index (χ1n) is 8.45. The molecule has 136 valence electrons. The molecule has 1 aliphatic rings. The van der Waals surface area contributed by atoms with Crippen molar-refractivity contribution in [3.05, 3.63) is 42.1 Å². The first-order chi connectivity index (χ1) is 12.5. The van der Waals surface area contributed by atoms with Crippen molar-refractivity contribution in [2.75, 3.05) is 17.9 Å². The summed E-state index contributed by atoms with van der Waals surface area (Å²) in [6, 6.07) is 9.39. The minimum absolute atomic E-state index is 0.411. The second kappa shape index (κ2) is 6.94. The van der Waals surface area contributed by atoms with Crippen LogP contribution < -0.4 is 4.72 Å². The van der Waals surface area contributed by atoms with Crippen LogP contribution in [0.4, 0.5) is 5.69 Å². The van der Waals surface area contributed by atoms with Crippen LogP contribution in [0.15, 0.2) is 36.5 Å². The number of nitrogens with one attached hydrogen (secondary N) is 1. The van der Waals surface area contributed by atoms with Crippen LogP contribution in [0.5, 0.6) is 0 Å². The number of nitrogens with zero attached hydrogens (tertiary/aromatic N) is 2. The lowest BCUT2D eigenvalue weighted by atomic mass is 10.1. The highest BCUT2D eigenvalue weighted by Gasteiger charge is 2.28. The topological polar surface area (TPSA) is 81.2 Å². The number of rotatable bonds is 4. The number of anilines is 1. The van der Waals surface area contributed by atoms with E-state index in [1.54, 1.807) is 12.3 Å². The Kier molecular flexibility index (Phi) is 4.64. The largest absolute Gasteiger partial charge is 0.381 e. The third-order valence-corrected chi connectivity index (χ3v) is 7.46. The van der Waals surface area contributed by atoms with Gasteiger partial charge in [-0.3, -0.25) is 4.72 Å². The van der Waals surface area contributed by atoms with E-state index in [1.165, 1.54) is 11.3 Å². The summed E-state index contributed by atoms with van der Waals surface area (Å²) in [6.45, 7) is 2.89. The lowest BCUT2D eigenvalue weighted by Gasteiger charge is -2.23. The Balaban J connectivity index is 1.67. The Morgan fingerprint density at radius 3 is 2.77 bits per heavy atom. The van der Waals surface area contributed by atoms with Crippen molar-refractivity contribution in [2.24, 2.45) is 0 Å². The minimum Gasteiger partial charge on any atom is -0.381 e. The van der Waals surface area contributed by atoms with Crippen LogP contribution in [0.1, 0.15) is 18.4 Å². The van der Waals surface area contributed by atoms with Gasteiger partial charge in [0, 0.05) is 25.0 Å². The molecule has 1 aliphatic heterocycles. The monoisotopic (exact) mass is 389 g/mol. The molecule has 6 nitrogen and oxygen atoms in total. The predicted molar refractivity (Wildman–Crippen MR) is 104 cm³/mol. The zero-order valence-electron chi connectivity index (χ0n) is 14.3. The lowest BCUT2D eigenvalue weighted by Crippen LogP contribution is -2.33. The van der Waals surface area contributed by atoms with E-state index in [9.17, 15) is 8.42 Å². The average molecular weight is 390 g/mol. The second-order valence-electron chi connectivity index (χ2n) is 6.28. The standard InChI is InChI=1S/C18H19N3O3S2/c1-12-14(17-20-16-6-3-9-19-18(16)25-17)4-2-5-15(12)21-26(22,23)13-7-10-24-11-8-13/h2-6,9,13,21H,7-8,10-11H2,1H3. The first kappa shape index (κ1) is 17.4. The van der Waals surface area contributed by atoms with Gasteiger partial charge in [0.15, 0.2) is 0 Å². The van der Waals surface area contributed by atoms with Crippen molar-refractivity contribution in [3.8, 4) is 10.6 Å². The molecule has 3 heterocycles. The van der Waals surface area contributed by atoms with Crippen molar-refractivity contribution >= 4 is 37.4 Å². The maximum Gasteiger partial charge on any atom is 0.235 e. The summed E-state index contributed by atoms with van der Waals surface area (Å²) in [4.78, 5) is 9.84. The Bertz CT molecular complexity index is 1010. The zero-order valence-corrected chi connectivity index (χ0v) is 15.9. The van der Waals surface area contributed by atoms with Crippen molar-refractivity contribution in [3.63, 3.8) is 0 Å². The minimum atomic E-state index is -3.44. The lowest BCUT2D eigenvalue weighted by molar-refractivity contribution is 0.0984. The van der Waals surface area contributed by atoms with Crippen molar-refractivity contribution in [1.29, 1.82) is 0 Å². The van der Waals surface area contributed by atoms with Crippen LogP contribution in [0.2, 0.25) is 0 Å². The quantitative estimate of drug-likeness (QED) is 0.737. The van der Waals surface area contributed by atoms with Gasteiger partial charge in [-0.05, 0) is 43.5 Å². The summed E-state index contributed by atoms with van der Waals surface area (Å²) >= 11 is 1.50. The number of thiazole rings is 1. The van der Waals surface area contributed by atoms with Gasteiger partial charge in [-0.25, -0.2) is 18.4 Å². The van der Waals surface area contributed by atoms with Gasteiger partial charge in [0.25, 0.3) is 0 Å². The smallest absolute Gasteiger partial charge is 0.235 e. The molecule has 0 aliphatic carbocycles. The van der Waals surface area contributed by atoms with Gasteiger partial charge in [-0.15, -0.1) is 0 Å². The highest BCUT2D eigenvalue weighted by molar-refractivity contribution is 7.93. The molecule has 0 bridgehead atoms. The van der Waals surface area contributed by atoms with Gasteiger partial charge in [-0.2, -0.15) is 0 Å². The number of sulfonamides is 1. The molecule has 0 spiro atoms. The van der Waals surface area contributed by atoms with Crippen LogP contribution in [0.25, 0.3) is 20.9 Å². The molecule has 3 aromatic rings. The van der Waals surface area contributed by atoms with E-state index in [4.69, 9.17) is 4.74 Å². The molecule has 4 rings (SSSR count). The molecule has 1 fully saturated rings. The van der Waals surface area contributed by atoms with E-state index in [-0.39, 0.29) is 0 Å². The predicted octanol–water partition coefficient (Wildman–Crippen LogP) is 3.59. The average Bonchev–Trinajstić information content (AvgIpc) is 3.08. The van der Waals surface area contributed by atoms with E-state index in [0.717, 1.165) is 26.5 Å². The molecular weight excluding hydrogens is 370 g/mol. The fraction of sp³-hybridized carbons (Fsp3) is 0.333. The summed E-state index contributed by atoms with van der Waals surface area (Å²) in [5, 5.41) is 0.425. The molecule has 0 saturated carbocycles. The fourth-order valence-corrected chi connectivity index (χ4v) is 5.58. The number of fused-ring (bicyclic) bond motifs is 1. The molecule has 1 saturated heterocycles. The van der Waals surface area contributed by atoms with E-state index in [0.29, 0.717) is 31.7 Å². The number of hydrogen-bond acceptors (Lipinski definition) is 6. The van der Waals surface area contributed by atoms with E-state index in [1.807, 2.05) is 31.2 Å². The van der Waals surface area contributed by atoms with E-state index < -0.39 is 15.3 Å². The van der Waals surface area contributed by atoms with Crippen LogP contribution in [0, 0.1) is 6.92 Å². The van der Waals surface area contributed by atoms with Crippen molar-refractivity contribution < 1.29 is 13.2 Å². The van der Waals surface area contributed by atoms with Gasteiger partial charge < -0.3 is 4.74 Å². The highest BCUT2D eigenvalue weighted by atomic mass is 32.2. The normalized spacial score (nSPS) is 16.0. The van der Waals surface area contributed by atoms with Crippen molar-refractivity contribution in [1.82, 2.24) is 9.97 Å². The van der Waals surface area contributed by atoms with Gasteiger partial charge in [0.05, 0.1) is 10.9 Å². The van der Waals surface area contributed by atoms with Crippen LogP contribution >= 0.6 is 11.3 Å². The summed E-state index contributed by atoms with van der Waals surface area (Å²) in [5.41, 5.74) is 3.23. The first-order valence-corrected chi connectivity index (χ1v) is 10.8. The molecule has 1 N–H and O–H groups in total. The van der Waals surface area contributed by atoms with E-state index in [2.05, 4.69) is 14.7 Å². The third-order valence-electron chi connectivity index (χ3n) is 4.59. The molecule has 26 heavy (non-hydrogen) atoms. The maximum absolute atomic E-state index is 12.7. The third kappa shape index (κ3) is 3.32. The molecule has 0 radical (unpaired) electrons. The van der Waals surface area contributed by atoms with E-state index >= 15 is 0 Å². The molecular formula is C18H19N3O3S2. The Labute approximate surface area is 156 Å². The zero-order chi connectivity index (χ0) is 18.1. The summed E-state index contributed by atoms with van der Waals surface area (Å²) in [6.07, 6.45) is 2.80. The van der Waals surface area contributed by atoms with Gasteiger partial charge in [0.2, 0.25) is 10.0 Å². The van der Waals surface area contributed by atoms with Crippen LogP contribution in [0.3, 0.4) is 0 Å². The Morgan fingerprint density at radius 1 is 1.19 bits per heavy atom. The van der Waals surface area contributed by atoms with Gasteiger partial charge in [-0.1, -0.05) is 23.5 Å². The number of pyridine rings is 1. The number of aromatic nitrogens is 2. The molecule has 0 amide bonds. The Morgan fingerprint density at radius 2 is 2.00 bits per heavy atom. The van der Waals surface area contributed by atoms with Crippen molar-refractivity contribution in [2.45, 2.75) is 25.0 Å². The van der Waals surface area contributed by atoms with Crippen LogP contribution in [-0.4, -0.2) is 36.8 Å². The molecule has 0 atom stereocenters. The fourth-order valence-electron chi connectivity index (χ4n) is 3.09. The second-order valence-corrected chi connectivity index (χ2v) is 9.22. The maximum atomic E-state index is 12.7.